The van der Waals surface area contributed by atoms with Gasteiger partial charge in [-0.25, -0.2) is 27.7 Å². The van der Waals surface area contributed by atoms with E-state index in [9.17, 15) is 35.9 Å². The van der Waals surface area contributed by atoms with Crippen LogP contribution in [0.1, 0.15) is 5.56 Å². The number of hydrogen-bond acceptors (Lipinski definition) is 6. The van der Waals surface area contributed by atoms with E-state index in [1.807, 2.05) is 30.3 Å². The summed E-state index contributed by atoms with van der Waals surface area (Å²) in [6.07, 6.45) is -5.08. The van der Waals surface area contributed by atoms with Crippen LogP contribution in [0.15, 0.2) is 83.7 Å². The highest BCUT2D eigenvalue weighted by molar-refractivity contribution is 5.93. The van der Waals surface area contributed by atoms with E-state index in [0.29, 0.717) is 22.2 Å². The van der Waals surface area contributed by atoms with Crippen molar-refractivity contribution in [2.24, 2.45) is 0 Å². The summed E-state index contributed by atoms with van der Waals surface area (Å²) in [6.45, 7) is 2.28. The van der Waals surface area contributed by atoms with Crippen LogP contribution in [0.3, 0.4) is 0 Å². The highest BCUT2D eigenvalue weighted by Gasteiger charge is 2.38. The zero-order valence-electron chi connectivity index (χ0n) is 27.0. The Morgan fingerprint density at radius 1 is 0.840 bits per heavy atom. The first kappa shape index (κ1) is 36.9. The Morgan fingerprint density at radius 2 is 1.46 bits per heavy atom. The standard InChI is InChI=1S/C32H29F3N6O2.C2HF3O2/c1-20-19-21(33)13-14-23(20)28-24-15-16-27(42)41(29-25(34)11-8-12-26(29)35)30(24)37-31(36-28)38(2)17-18-39(3)32(43)40(4)22-9-6-5-7-10-22;3-2(4,5)1(6)7/h5-16,19H,17-18H2,1-4H3;(H,6,7). The van der Waals surface area contributed by atoms with Gasteiger partial charge in [-0.1, -0.05) is 24.3 Å². The highest BCUT2D eigenvalue weighted by atomic mass is 19.4. The molecule has 5 aromatic rings. The molecule has 2 heterocycles. The molecule has 0 radical (unpaired) electrons. The number of urea groups is 1. The number of rotatable bonds is 7. The topological polar surface area (TPSA) is 112 Å². The minimum Gasteiger partial charge on any atom is -0.475 e. The van der Waals surface area contributed by atoms with Gasteiger partial charge in [-0.2, -0.15) is 18.2 Å². The van der Waals surface area contributed by atoms with Gasteiger partial charge >= 0.3 is 18.2 Å². The first-order valence-corrected chi connectivity index (χ1v) is 14.7. The number of nitrogens with zero attached hydrogens (tertiary/aromatic N) is 6. The number of alkyl halides is 3. The Labute approximate surface area is 281 Å². The average molecular weight is 701 g/mol. The first-order valence-electron chi connectivity index (χ1n) is 14.7. The average Bonchev–Trinajstić information content (AvgIpc) is 3.07. The van der Waals surface area contributed by atoms with Crippen molar-refractivity contribution in [3.8, 4) is 16.9 Å². The largest absolute Gasteiger partial charge is 0.490 e. The summed E-state index contributed by atoms with van der Waals surface area (Å²) in [6, 6.07) is 19.2. The summed E-state index contributed by atoms with van der Waals surface area (Å²) < 4.78 is 76.6. The number of aromatic nitrogens is 3. The molecule has 0 aliphatic carbocycles. The molecule has 2 aromatic heterocycles. The van der Waals surface area contributed by atoms with Gasteiger partial charge in [0, 0.05) is 56.9 Å². The van der Waals surface area contributed by atoms with Crippen LogP contribution >= 0.6 is 0 Å². The highest BCUT2D eigenvalue weighted by Crippen LogP contribution is 2.32. The van der Waals surface area contributed by atoms with Crippen LogP contribution in [0.2, 0.25) is 0 Å². The van der Waals surface area contributed by atoms with Gasteiger partial charge in [-0.05, 0) is 61.0 Å². The SMILES string of the molecule is Cc1cc(F)ccc1-c1nc(N(C)CCN(C)C(=O)N(C)c2ccccc2)nc2c1ccc(=O)n2-c1c(F)cccc1F.O=C(O)C(F)(F)F. The van der Waals surface area contributed by atoms with Crippen molar-refractivity contribution in [1.82, 2.24) is 19.4 Å². The fraction of sp³-hybridized carbons (Fsp3) is 0.206. The Morgan fingerprint density at radius 3 is 2.04 bits per heavy atom. The Balaban J connectivity index is 0.000000727. The quantitative estimate of drug-likeness (QED) is 0.195. The number of pyridine rings is 1. The molecule has 0 bridgehead atoms. The molecule has 0 saturated carbocycles. The van der Waals surface area contributed by atoms with Crippen molar-refractivity contribution >= 4 is 34.7 Å². The summed E-state index contributed by atoms with van der Waals surface area (Å²) in [5.41, 5.74) is 0.921. The Bertz CT molecular complexity index is 2070. The van der Waals surface area contributed by atoms with Crippen LogP contribution in [0.5, 0.6) is 0 Å². The van der Waals surface area contributed by atoms with E-state index in [2.05, 4.69) is 4.98 Å². The maximum Gasteiger partial charge on any atom is 0.490 e. The molecule has 0 fully saturated rings. The van der Waals surface area contributed by atoms with Gasteiger partial charge in [0.25, 0.3) is 5.56 Å². The Hall–Kier alpha value is -5.93. The minimum atomic E-state index is -5.08. The second kappa shape index (κ2) is 15.1. The number of carbonyl (C=O) groups is 2. The fourth-order valence-corrected chi connectivity index (χ4v) is 4.80. The lowest BCUT2D eigenvalue weighted by Crippen LogP contribution is -2.42. The molecule has 5 rings (SSSR count). The van der Waals surface area contributed by atoms with E-state index >= 15 is 0 Å². The molecule has 0 aliphatic rings. The third-order valence-corrected chi connectivity index (χ3v) is 7.45. The summed E-state index contributed by atoms with van der Waals surface area (Å²) in [4.78, 5) is 49.1. The number of halogens is 6. The van der Waals surface area contributed by atoms with Gasteiger partial charge in [-0.15, -0.1) is 0 Å². The number of aryl methyl sites for hydroxylation is 1. The Kier molecular flexibility index (Phi) is 11.1. The monoisotopic (exact) mass is 700 g/mol. The van der Waals surface area contributed by atoms with E-state index in [-0.39, 0.29) is 30.7 Å². The third kappa shape index (κ3) is 8.19. The molecule has 0 unspecified atom stereocenters. The van der Waals surface area contributed by atoms with Crippen molar-refractivity contribution in [1.29, 1.82) is 0 Å². The van der Waals surface area contributed by atoms with Crippen LogP contribution in [-0.4, -0.2) is 77.0 Å². The molecule has 3 aromatic carbocycles. The second-order valence-corrected chi connectivity index (χ2v) is 11.0. The normalized spacial score (nSPS) is 11.1. The van der Waals surface area contributed by atoms with Crippen molar-refractivity contribution in [2.45, 2.75) is 13.1 Å². The smallest absolute Gasteiger partial charge is 0.475 e. The second-order valence-electron chi connectivity index (χ2n) is 11.0. The van der Waals surface area contributed by atoms with E-state index in [4.69, 9.17) is 14.9 Å². The predicted octanol–water partition coefficient (Wildman–Crippen LogP) is 6.43. The summed E-state index contributed by atoms with van der Waals surface area (Å²) in [5.74, 6) is -4.93. The summed E-state index contributed by atoms with van der Waals surface area (Å²) >= 11 is 0. The molecular weight excluding hydrogens is 670 g/mol. The number of aliphatic carboxylic acids is 1. The summed E-state index contributed by atoms with van der Waals surface area (Å²) in [7, 11) is 5.06. The van der Waals surface area contributed by atoms with Crippen LogP contribution in [0.4, 0.5) is 42.8 Å². The van der Waals surface area contributed by atoms with E-state index in [1.165, 1.54) is 35.2 Å². The zero-order valence-corrected chi connectivity index (χ0v) is 27.0. The maximum absolute atomic E-state index is 15.0. The molecule has 0 saturated heterocycles. The van der Waals surface area contributed by atoms with Gasteiger partial charge in [0.15, 0.2) is 5.65 Å². The van der Waals surface area contributed by atoms with Crippen molar-refractivity contribution in [3.63, 3.8) is 0 Å². The lowest BCUT2D eigenvalue weighted by Gasteiger charge is -2.27. The molecule has 0 spiro atoms. The molecule has 0 atom stereocenters. The molecule has 10 nitrogen and oxygen atoms in total. The van der Waals surface area contributed by atoms with Crippen molar-refractivity contribution < 1.29 is 41.0 Å². The fourth-order valence-electron chi connectivity index (χ4n) is 4.80. The number of benzene rings is 3. The van der Waals surface area contributed by atoms with Crippen LogP contribution in [0, 0.1) is 24.4 Å². The van der Waals surface area contributed by atoms with E-state index < -0.39 is 40.8 Å². The number of para-hydroxylation sites is 2. The number of hydrogen-bond donors (Lipinski definition) is 1. The third-order valence-electron chi connectivity index (χ3n) is 7.45. The van der Waals surface area contributed by atoms with Gasteiger partial charge in [-0.3, -0.25) is 14.3 Å². The van der Waals surface area contributed by atoms with Gasteiger partial charge in [0.05, 0.1) is 5.69 Å². The van der Waals surface area contributed by atoms with Gasteiger partial charge < -0.3 is 14.9 Å². The number of carboxylic acid groups (broad SMARTS) is 1. The molecule has 262 valence electrons. The molecule has 2 amide bonds. The number of anilines is 2. The lowest BCUT2D eigenvalue weighted by atomic mass is 10.0. The van der Waals surface area contributed by atoms with Crippen LogP contribution < -0.4 is 15.4 Å². The first-order chi connectivity index (χ1) is 23.5. The molecular formula is C34H30F6N6O4. The number of carbonyl (C=O) groups excluding carboxylic acids is 1. The number of likely N-dealkylation sites (N-methyl/N-ethyl adjacent to an activating group) is 2. The predicted molar refractivity (Wildman–Crippen MR) is 175 cm³/mol. The van der Waals surface area contributed by atoms with Crippen molar-refractivity contribution in [2.75, 3.05) is 44.0 Å². The number of fused-ring (bicyclic) bond motifs is 1. The molecule has 16 heteroatoms. The zero-order chi connectivity index (χ0) is 36.9. The van der Waals surface area contributed by atoms with Gasteiger partial charge in [0.2, 0.25) is 5.95 Å². The van der Waals surface area contributed by atoms with E-state index in [0.717, 1.165) is 22.4 Å². The minimum absolute atomic E-state index is 0.0275. The molecule has 0 aliphatic heterocycles. The number of carboxylic acids is 1. The maximum atomic E-state index is 15.0. The molecule has 1 N–H and O–H groups in total. The number of amides is 2. The van der Waals surface area contributed by atoms with Crippen LogP contribution in [-0.2, 0) is 4.79 Å². The van der Waals surface area contributed by atoms with E-state index in [1.54, 1.807) is 43.9 Å². The van der Waals surface area contributed by atoms with Crippen molar-refractivity contribution in [3.05, 3.63) is 112 Å². The van der Waals surface area contributed by atoms with Crippen LogP contribution in [0.25, 0.3) is 28.0 Å². The lowest BCUT2D eigenvalue weighted by molar-refractivity contribution is -0.192. The summed E-state index contributed by atoms with van der Waals surface area (Å²) in [5, 5.41) is 7.46. The van der Waals surface area contributed by atoms with Gasteiger partial charge in [0.1, 0.15) is 23.1 Å². The molecule has 50 heavy (non-hydrogen) atoms.